The van der Waals surface area contributed by atoms with Crippen LogP contribution in [0, 0.1) is 0 Å². The molecule has 0 bridgehead atoms. The second kappa shape index (κ2) is 31.1. The summed E-state index contributed by atoms with van der Waals surface area (Å²) in [7, 11) is 2.20. The number of carbonyl (C=O) groups excluding carboxylic acids is 5. The first-order chi connectivity index (χ1) is 38.2. The van der Waals surface area contributed by atoms with Crippen LogP contribution in [0.15, 0.2) is 36.0 Å². The number of hydrogen-bond donors (Lipinski definition) is 20. The van der Waals surface area contributed by atoms with Crippen LogP contribution in [0.5, 0.6) is 0 Å². The number of amides is 5. The van der Waals surface area contributed by atoms with Crippen LogP contribution in [-0.4, -0.2) is 205 Å². The summed E-state index contributed by atoms with van der Waals surface area (Å²) in [4.78, 5) is 110. The fourth-order valence-electron chi connectivity index (χ4n) is 8.26. The number of aryl methyl sites for hydroxylation is 1. The van der Waals surface area contributed by atoms with E-state index in [-0.39, 0.29) is 105 Å². The van der Waals surface area contributed by atoms with Gasteiger partial charge in [-0.05, 0) is 25.7 Å². The Kier molecular flexibility index (Phi) is 25.2. The molecule has 13 atom stereocenters. The number of hydrogen-bond acceptors (Lipinski definition) is 24. The van der Waals surface area contributed by atoms with Gasteiger partial charge in [-0.1, -0.05) is 21.6 Å². The fourth-order valence-corrected chi connectivity index (χ4v) is 10.3. The third-order valence-corrected chi connectivity index (χ3v) is 14.3. The largest absolute Gasteiger partial charge is 0.388 e. The molecule has 5 amide bonds. The topological polar surface area (TPSA) is 697 Å². The van der Waals surface area contributed by atoms with Gasteiger partial charge in [0.1, 0.15) is 66.6 Å². The lowest BCUT2D eigenvalue weighted by atomic mass is 9.83. The molecule has 2 aromatic rings. The van der Waals surface area contributed by atoms with Gasteiger partial charge in [0.25, 0.3) is 0 Å². The van der Waals surface area contributed by atoms with E-state index in [1.165, 1.54) is 6.20 Å². The molecule has 40 heteroatoms. The number of nitrogen functional groups attached to an aromatic ring is 2. The number of aliphatic imine (C=N–C) groups is 5. The number of nitrogens with zero attached hydrogens (tertiary/aromatic N) is 9. The van der Waals surface area contributed by atoms with Gasteiger partial charge in [0, 0.05) is 37.2 Å². The van der Waals surface area contributed by atoms with Gasteiger partial charge in [-0.15, -0.1) is 0 Å². The van der Waals surface area contributed by atoms with Gasteiger partial charge in [0.15, 0.2) is 41.7 Å². The van der Waals surface area contributed by atoms with Gasteiger partial charge in [-0.3, -0.25) is 38.5 Å². The second-order valence-corrected chi connectivity index (χ2v) is 20.7. The SMILES string of the molecule is NC(=O)C[C@H](NC(=O)CCCn1c(=O)nc(N)c2cnc(N)nc21)C(=O)N[C@@H](CCCN=C(N)N)C(=O)N[C@@H](CSSCCO[C@@H]1[C@@H](O)[C@H](N=C(N)N)C[C@H](N=C(N)N)[C@H]1O[C@H]1O[C@H](CN=C(N)N)[C@@H](O)[C@H](O)[C@H]1N=C(N)N)C(N)=O. The van der Waals surface area contributed by atoms with Crippen molar-refractivity contribution < 1.29 is 53.5 Å². The Morgan fingerprint density at radius 3 is 2.02 bits per heavy atom. The fraction of sp³-hybridized carbons (Fsp3) is 0.610. The van der Waals surface area contributed by atoms with E-state index in [0.29, 0.717) is 0 Å². The molecule has 1 aliphatic carbocycles. The summed E-state index contributed by atoms with van der Waals surface area (Å²) in [6.07, 6.45) is -10.3. The lowest BCUT2D eigenvalue weighted by molar-refractivity contribution is -0.290. The first-order valence-electron chi connectivity index (χ1n) is 24.5. The molecular formula is C41H72N26O12S2. The van der Waals surface area contributed by atoms with Crippen molar-refractivity contribution in [3.05, 3.63) is 16.7 Å². The maximum atomic E-state index is 13.9. The highest BCUT2D eigenvalue weighted by Gasteiger charge is 2.52. The Labute approximate surface area is 468 Å². The van der Waals surface area contributed by atoms with Crippen LogP contribution < -0.4 is 102 Å². The second-order valence-electron chi connectivity index (χ2n) is 18.1. The molecule has 2 aromatic heterocycles. The van der Waals surface area contributed by atoms with E-state index in [1.54, 1.807) is 0 Å². The van der Waals surface area contributed by atoms with Crippen LogP contribution in [0.4, 0.5) is 11.8 Å². The number of fused-ring (bicyclic) bond motifs is 1. The zero-order valence-corrected chi connectivity index (χ0v) is 45.1. The monoisotopic (exact) mass is 1180 g/mol. The number of guanidine groups is 5. The summed E-state index contributed by atoms with van der Waals surface area (Å²) in [6.45, 7) is -0.595. The van der Waals surface area contributed by atoms with Gasteiger partial charge in [-0.25, -0.2) is 24.8 Å². The predicted octanol–water partition coefficient (Wildman–Crippen LogP) is -11.4. The number of anilines is 2. The molecule has 1 saturated carbocycles. The molecule has 3 heterocycles. The van der Waals surface area contributed by atoms with E-state index in [9.17, 15) is 44.1 Å². The van der Waals surface area contributed by atoms with Crippen LogP contribution in [0.25, 0.3) is 11.0 Å². The standard InChI is InChI=1S/C41H72N26O12S2/c42-21(68)10-18(59-22(69)4-2-6-67-31-14(11-58-40(55)66-31)29(43)65-41(67)76)33(75)60-15(3-1-5-56-35(45)46)32(74)61-19(30(44)73)13-81-80-8-7-77-28-24(70)16(62-37(49)50)9-17(63-38(51)52)27(28)79-34-23(64-39(53)54)26(72)25(71)20(78-34)12-57-36(47)48/h11,15-20,23-28,34,70-72H,1-10,12-13H2,(H2,42,68)(H2,44,73)(H,59,69)(H,60,75)(H,61,74)(H2,43,65,76)(H4,45,46,56)(H4,47,48,57)(H4,49,50,62)(H4,51,52,63)(H4,53,54,64)(H2,55,58,66)/t15-,16+,17-,18-,19-,20+,23+,24-,25+,26+,27+,28+,34+/m0/s1. The molecule has 0 unspecified atom stereocenters. The first kappa shape index (κ1) is 65.5. The van der Waals surface area contributed by atoms with Crippen molar-refractivity contribution in [2.75, 3.05) is 42.7 Å². The van der Waals surface area contributed by atoms with Gasteiger partial charge in [-0.2, -0.15) is 9.97 Å². The number of nitrogens with one attached hydrogen (secondary N) is 3. The van der Waals surface area contributed by atoms with Gasteiger partial charge >= 0.3 is 5.69 Å². The lowest BCUT2D eigenvalue weighted by Crippen LogP contribution is -2.63. The average Bonchev–Trinajstić information content (AvgIpc) is 3.36. The number of ether oxygens (including phenoxy) is 3. The maximum Gasteiger partial charge on any atom is 0.351 e. The maximum absolute atomic E-state index is 13.9. The van der Waals surface area contributed by atoms with Gasteiger partial charge in [0.2, 0.25) is 35.5 Å². The highest BCUT2D eigenvalue weighted by molar-refractivity contribution is 8.76. The molecule has 450 valence electrons. The third-order valence-electron chi connectivity index (χ3n) is 11.9. The van der Waals surface area contributed by atoms with Crippen LogP contribution in [-0.2, 0) is 44.7 Å². The third kappa shape index (κ3) is 20.2. The minimum absolute atomic E-state index is 0.000227. The molecule has 34 N–H and O–H groups in total. The number of aromatic nitrogens is 4. The number of primary amides is 2. The van der Waals surface area contributed by atoms with E-state index in [4.69, 9.17) is 94.5 Å². The highest BCUT2D eigenvalue weighted by atomic mass is 33.1. The zero-order valence-electron chi connectivity index (χ0n) is 43.5. The minimum Gasteiger partial charge on any atom is -0.388 e. The van der Waals surface area contributed by atoms with Crippen LogP contribution in [0.3, 0.4) is 0 Å². The van der Waals surface area contributed by atoms with Crippen molar-refractivity contribution in [1.82, 2.24) is 35.5 Å². The number of aliphatic hydroxyl groups is 3. The molecule has 0 aromatic carbocycles. The molecule has 81 heavy (non-hydrogen) atoms. The number of rotatable bonds is 30. The summed E-state index contributed by atoms with van der Waals surface area (Å²) < 4.78 is 19.7. The Hall–Kier alpha value is -8.02. The van der Waals surface area contributed by atoms with E-state index in [2.05, 4.69) is 55.9 Å². The summed E-state index contributed by atoms with van der Waals surface area (Å²) in [6, 6.07) is -7.97. The Morgan fingerprint density at radius 2 is 1.40 bits per heavy atom. The highest BCUT2D eigenvalue weighted by Crippen LogP contribution is 2.34. The molecule has 38 nitrogen and oxygen atoms in total. The summed E-state index contributed by atoms with van der Waals surface area (Å²) >= 11 is 0. The van der Waals surface area contributed by atoms with Crippen molar-refractivity contribution >= 4 is 104 Å². The van der Waals surface area contributed by atoms with Gasteiger partial charge in [0.05, 0.1) is 37.0 Å². The molecule has 4 rings (SSSR count). The normalized spacial score (nSPS) is 23.5. The first-order valence-corrected chi connectivity index (χ1v) is 27.0. The lowest BCUT2D eigenvalue weighted by Gasteiger charge is -2.46. The van der Waals surface area contributed by atoms with Crippen molar-refractivity contribution in [3.63, 3.8) is 0 Å². The Balaban J connectivity index is 1.45. The smallest absolute Gasteiger partial charge is 0.351 e. The molecule has 1 saturated heterocycles. The van der Waals surface area contributed by atoms with Crippen molar-refractivity contribution in [1.29, 1.82) is 0 Å². The molecule has 0 spiro atoms. The van der Waals surface area contributed by atoms with E-state index >= 15 is 0 Å². The van der Waals surface area contributed by atoms with Crippen LogP contribution >= 0.6 is 21.6 Å². The summed E-state index contributed by atoms with van der Waals surface area (Å²) in [5.74, 6) is -6.82. The number of nitrogens with two attached hydrogens (primary N) is 14. The van der Waals surface area contributed by atoms with E-state index in [1.807, 2.05) is 0 Å². The molecule has 0 radical (unpaired) electrons. The predicted molar refractivity (Wildman–Crippen MR) is 299 cm³/mol. The quantitative estimate of drug-likeness (QED) is 0.0149. The Bertz CT molecular complexity index is 2720. The van der Waals surface area contributed by atoms with Gasteiger partial charge < -0.3 is 126 Å². The minimum atomic E-state index is -1.71. The summed E-state index contributed by atoms with van der Waals surface area (Å²) in [5, 5.41) is 41.4. The van der Waals surface area contributed by atoms with Crippen molar-refractivity contribution in [2.24, 2.45) is 93.8 Å². The molecule has 2 fully saturated rings. The van der Waals surface area contributed by atoms with Crippen LogP contribution in [0.1, 0.15) is 38.5 Å². The molecule has 1 aliphatic heterocycles. The van der Waals surface area contributed by atoms with Crippen LogP contribution in [0.2, 0.25) is 0 Å². The summed E-state index contributed by atoms with van der Waals surface area (Å²) in [5.41, 5.74) is 78.2. The van der Waals surface area contributed by atoms with Crippen molar-refractivity contribution in [3.8, 4) is 0 Å². The number of carbonyl (C=O) groups is 5. The molecule has 2 aliphatic rings. The van der Waals surface area contributed by atoms with E-state index in [0.717, 1.165) is 26.2 Å². The van der Waals surface area contributed by atoms with E-state index < -0.39 is 139 Å². The zero-order chi connectivity index (χ0) is 60.2. The average molecular weight is 1190 g/mol. The number of aliphatic hydroxyl groups excluding tert-OH is 3. The Morgan fingerprint density at radius 1 is 0.753 bits per heavy atom. The van der Waals surface area contributed by atoms with Crippen molar-refractivity contribution in [2.45, 2.75) is 124 Å². The molecular weight excluding hydrogens is 1110 g/mol.